The lowest BCUT2D eigenvalue weighted by molar-refractivity contribution is -0.128. The number of aromatic carboxylic acids is 1. The first-order valence-corrected chi connectivity index (χ1v) is 4.18. The van der Waals surface area contributed by atoms with E-state index in [9.17, 15) is 9.59 Å². The standard InChI is InChI=1S/C9H6ClNO4/c10-5-1-2-6(9(14)15)7(3-5)11-4-8(12)13/h1-4H,(H,12,13)(H,14,15)/b11-4-. The minimum Gasteiger partial charge on any atom is -0.478 e. The highest BCUT2D eigenvalue weighted by Crippen LogP contribution is 2.23. The van der Waals surface area contributed by atoms with Gasteiger partial charge in [-0.15, -0.1) is 0 Å². The molecule has 0 saturated carbocycles. The Bertz CT molecular complexity index is 442. The molecule has 0 radical (unpaired) electrons. The zero-order valence-corrected chi connectivity index (χ0v) is 8.10. The lowest BCUT2D eigenvalue weighted by atomic mass is 10.2. The van der Waals surface area contributed by atoms with Gasteiger partial charge < -0.3 is 10.2 Å². The smallest absolute Gasteiger partial charge is 0.346 e. The average molecular weight is 228 g/mol. The van der Waals surface area contributed by atoms with Crippen molar-refractivity contribution in [3.05, 3.63) is 28.8 Å². The molecule has 0 fully saturated rings. The molecule has 0 heterocycles. The van der Waals surface area contributed by atoms with Crippen LogP contribution in [0.15, 0.2) is 23.2 Å². The van der Waals surface area contributed by atoms with E-state index in [2.05, 4.69) is 4.99 Å². The summed E-state index contributed by atoms with van der Waals surface area (Å²) in [5.41, 5.74) is -0.0886. The summed E-state index contributed by atoms with van der Waals surface area (Å²) in [4.78, 5) is 24.4. The molecule has 15 heavy (non-hydrogen) atoms. The van der Waals surface area contributed by atoms with Gasteiger partial charge in [0, 0.05) is 5.02 Å². The minimum atomic E-state index is -1.26. The molecule has 0 atom stereocenters. The highest BCUT2D eigenvalue weighted by atomic mass is 35.5. The molecule has 1 aromatic carbocycles. The van der Waals surface area contributed by atoms with Gasteiger partial charge >= 0.3 is 11.9 Å². The van der Waals surface area contributed by atoms with Crippen LogP contribution in [0.2, 0.25) is 5.02 Å². The zero-order chi connectivity index (χ0) is 11.4. The topological polar surface area (TPSA) is 87.0 Å². The monoisotopic (exact) mass is 227 g/mol. The number of hydrogen-bond acceptors (Lipinski definition) is 3. The van der Waals surface area contributed by atoms with Crippen LogP contribution < -0.4 is 0 Å². The molecule has 6 heteroatoms. The van der Waals surface area contributed by atoms with Crippen LogP contribution in [0.3, 0.4) is 0 Å². The van der Waals surface area contributed by atoms with Crippen LogP contribution in [0.4, 0.5) is 5.69 Å². The van der Waals surface area contributed by atoms with Crippen molar-refractivity contribution in [2.75, 3.05) is 0 Å². The van der Waals surface area contributed by atoms with Crippen LogP contribution in [0.5, 0.6) is 0 Å². The van der Waals surface area contributed by atoms with E-state index in [-0.39, 0.29) is 16.3 Å². The van der Waals surface area contributed by atoms with Crippen molar-refractivity contribution in [1.29, 1.82) is 0 Å². The fourth-order valence-electron chi connectivity index (χ4n) is 0.917. The largest absolute Gasteiger partial charge is 0.478 e. The van der Waals surface area contributed by atoms with Gasteiger partial charge in [0.25, 0.3) is 0 Å². The molecule has 0 aliphatic rings. The molecular formula is C9H6ClNO4. The number of nitrogens with zero attached hydrogens (tertiary/aromatic N) is 1. The Labute approximate surface area is 89.6 Å². The molecule has 0 unspecified atom stereocenters. The molecule has 0 saturated heterocycles. The third-order valence-corrected chi connectivity index (χ3v) is 1.74. The van der Waals surface area contributed by atoms with Crippen molar-refractivity contribution in [2.24, 2.45) is 4.99 Å². The van der Waals surface area contributed by atoms with E-state index in [1.54, 1.807) is 0 Å². The van der Waals surface area contributed by atoms with Crippen LogP contribution in [0.1, 0.15) is 10.4 Å². The molecular weight excluding hydrogens is 222 g/mol. The predicted octanol–water partition coefficient (Wildman–Crippen LogP) is 1.83. The summed E-state index contributed by atoms with van der Waals surface area (Å²) < 4.78 is 0. The first kappa shape index (κ1) is 11.2. The number of aliphatic carboxylic acids is 1. The van der Waals surface area contributed by atoms with Crippen LogP contribution in [-0.2, 0) is 4.79 Å². The van der Waals surface area contributed by atoms with Crippen molar-refractivity contribution >= 4 is 35.4 Å². The van der Waals surface area contributed by atoms with Gasteiger partial charge in [0.15, 0.2) is 0 Å². The SMILES string of the molecule is O=C(O)/C=N\c1cc(Cl)ccc1C(=O)O. The maximum atomic E-state index is 10.7. The molecule has 0 bridgehead atoms. The molecule has 0 aliphatic carbocycles. The fraction of sp³-hybridized carbons (Fsp3) is 0. The Morgan fingerprint density at radius 3 is 2.53 bits per heavy atom. The summed E-state index contributed by atoms with van der Waals surface area (Å²) in [6.45, 7) is 0. The minimum absolute atomic E-state index is 0.0115. The van der Waals surface area contributed by atoms with Gasteiger partial charge in [-0.2, -0.15) is 0 Å². The number of carboxylic acids is 2. The molecule has 1 aromatic rings. The number of carboxylic acid groups (broad SMARTS) is 2. The van der Waals surface area contributed by atoms with Crippen LogP contribution >= 0.6 is 11.6 Å². The first-order chi connectivity index (χ1) is 7.00. The second-order valence-corrected chi connectivity index (χ2v) is 3.00. The third-order valence-electron chi connectivity index (χ3n) is 1.50. The Morgan fingerprint density at radius 1 is 1.33 bits per heavy atom. The Morgan fingerprint density at radius 2 is 2.00 bits per heavy atom. The summed E-state index contributed by atoms with van der Waals surface area (Å²) in [5, 5.41) is 17.4. The molecule has 78 valence electrons. The molecule has 5 nitrogen and oxygen atoms in total. The molecule has 0 aliphatic heterocycles. The summed E-state index contributed by atoms with van der Waals surface area (Å²) in [7, 11) is 0. The number of rotatable bonds is 3. The van der Waals surface area contributed by atoms with Gasteiger partial charge in [-0.25, -0.2) is 14.6 Å². The van der Waals surface area contributed by atoms with E-state index in [0.29, 0.717) is 6.21 Å². The second-order valence-electron chi connectivity index (χ2n) is 2.56. The Balaban J connectivity index is 3.18. The maximum Gasteiger partial charge on any atom is 0.346 e. The van der Waals surface area contributed by atoms with Crippen molar-refractivity contribution in [3.63, 3.8) is 0 Å². The van der Waals surface area contributed by atoms with E-state index in [0.717, 1.165) is 0 Å². The van der Waals surface area contributed by atoms with E-state index in [1.165, 1.54) is 18.2 Å². The molecule has 0 spiro atoms. The highest BCUT2D eigenvalue weighted by molar-refractivity contribution is 6.31. The second kappa shape index (κ2) is 4.56. The lowest BCUT2D eigenvalue weighted by Gasteiger charge is -2.00. The van der Waals surface area contributed by atoms with Gasteiger partial charge in [-0.1, -0.05) is 11.6 Å². The quantitative estimate of drug-likeness (QED) is 0.771. The van der Waals surface area contributed by atoms with E-state index in [1.807, 2.05) is 0 Å². The van der Waals surface area contributed by atoms with E-state index < -0.39 is 11.9 Å². The molecule has 2 N–H and O–H groups in total. The molecule has 1 rings (SSSR count). The van der Waals surface area contributed by atoms with Crippen molar-refractivity contribution in [3.8, 4) is 0 Å². The van der Waals surface area contributed by atoms with Crippen LogP contribution in [0, 0.1) is 0 Å². The Kier molecular flexibility index (Phi) is 3.41. The number of hydrogen-bond donors (Lipinski definition) is 2. The van der Waals surface area contributed by atoms with Crippen molar-refractivity contribution in [1.82, 2.24) is 0 Å². The van der Waals surface area contributed by atoms with E-state index in [4.69, 9.17) is 21.8 Å². The lowest BCUT2D eigenvalue weighted by Crippen LogP contribution is -1.98. The van der Waals surface area contributed by atoms with E-state index >= 15 is 0 Å². The van der Waals surface area contributed by atoms with Gasteiger partial charge in [0.05, 0.1) is 11.3 Å². The summed E-state index contributed by atoms with van der Waals surface area (Å²) in [6.07, 6.45) is 0.609. The normalized spacial score (nSPS) is 10.5. The fourth-order valence-corrected chi connectivity index (χ4v) is 1.08. The molecule has 0 aromatic heterocycles. The third kappa shape index (κ3) is 3.07. The maximum absolute atomic E-state index is 10.7. The number of carbonyl (C=O) groups is 2. The first-order valence-electron chi connectivity index (χ1n) is 3.80. The predicted molar refractivity (Wildman–Crippen MR) is 54.2 cm³/mol. The number of halogens is 1. The van der Waals surface area contributed by atoms with Crippen molar-refractivity contribution in [2.45, 2.75) is 0 Å². The zero-order valence-electron chi connectivity index (χ0n) is 7.35. The highest BCUT2D eigenvalue weighted by Gasteiger charge is 2.09. The van der Waals surface area contributed by atoms with Crippen LogP contribution in [0.25, 0.3) is 0 Å². The Hall–Kier alpha value is -1.88. The van der Waals surface area contributed by atoms with Gasteiger partial charge in [-0.05, 0) is 18.2 Å². The summed E-state index contributed by atoms with van der Waals surface area (Å²) >= 11 is 5.62. The van der Waals surface area contributed by atoms with Crippen LogP contribution in [-0.4, -0.2) is 28.4 Å². The number of aliphatic imine (C=N–C) groups is 1. The van der Waals surface area contributed by atoms with Gasteiger partial charge in [0.2, 0.25) is 0 Å². The van der Waals surface area contributed by atoms with Gasteiger partial charge in [-0.3, -0.25) is 0 Å². The summed E-state index contributed by atoms with van der Waals surface area (Å²) in [5.74, 6) is -2.45. The average Bonchev–Trinajstić information content (AvgIpc) is 2.14. The summed E-state index contributed by atoms with van der Waals surface area (Å²) in [6, 6.07) is 3.94. The molecule has 0 amide bonds. The van der Waals surface area contributed by atoms with Crippen molar-refractivity contribution < 1.29 is 19.8 Å². The number of benzene rings is 1. The van der Waals surface area contributed by atoms with Gasteiger partial charge in [0.1, 0.15) is 6.21 Å².